The molecule has 312 valence electrons. The topological polar surface area (TPSA) is 9.72 Å². The molecule has 0 saturated carbocycles. The van der Waals surface area contributed by atoms with Gasteiger partial charge < -0.3 is 14.7 Å². The molecular formula is C28H38F21N3. The van der Waals surface area contributed by atoms with E-state index in [0.29, 0.717) is 31.6 Å². The Morgan fingerprint density at radius 1 is 0.442 bits per heavy atom. The van der Waals surface area contributed by atoms with Gasteiger partial charge in [0.25, 0.3) is 18.2 Å². The summed E-state index contributed by atoms with van der Waals surface area (Å²) in [6.07, 6.45) is -24.9. The van der Waals surface area contributed by atoms with Crippen molar-refractivity contribution in [1.29, 1.82) is 0 Å². The second-order valence-corrected chi connectivity index (χ2v) is 11.9. The molecule has 3 aliphatic rings. The van der Waals surface area contributed by atoms with E-state index in [2.05, 4.69) is 0 Å². The number of likely N-dealkylation sites (tertiary alicyclic amines) is 3. The van der Waals surface area contributed by atoms with Crippen LogP contribution in [-0.4, -0.2) is 78.7 Å². The maximum Gasteiger partial charge on any atom is 0.436 e. The lowest BCUT2D eigenvalue weighted by molar-refractivity contribution is -0.195. The average molecular weight is 816 g/mol. The van der Waals surface area contributed by atoms with E-state index in [-0.39, 0.29) is 51.6 Å². The van der Waals surface area contributed by atoms with Crippen molar-refractivity contribution < 1.29 is 93.1 Å². The normalized spacial score (nSPS) is 20.2. The lowest BCUT2D eigenvalue weighted by Crippen LogP contribution is -2.47. The van der Waals surface area contributed by atoms with E-state index >= 15 is 0 Å². The number of halogens is 21. The number of allylic oxidation sites excluding steroid dienone is 3. The van der Waals surface area contributed by atoms with Gasteiger partial charge >= 0.3 is 24.7 Å². The second kappa shape index (κ2) is 21.8. The molecule has 0 aromatic heterocycles. The summed E-state index contributed by atoms with van der Waals surface area (Å²) in [4.78, 5) is 1.57. The molecule has 24 heteroatoms. The van der Waals surface area contributed by atoms with E-state index in [1.54, 1.807) is 0 Å². The molecular weight excluding hydrogens is 777 g/mol. The molecule has 0 aromatic rings. The molecule has 0 amide bonds. The number of rotatable bonds is 3. The van der Waals surface area contributed by atoms with Crippen molar-refractivity contribution in [3.8, 4) is 0 Å². The predicted molar refractivity (Wildman–Crippen MR) is 148 cm³/mol. The van der Waals surface area contributed by atoms with Gasteiger partial charge in [-0.1, -0.05) is 26.7 Å². The van der Waals surface area contributed by atoms with Crippen LogP contribution in [0.2, 0.25) is 0 Å². The molecule has 0 radical (unpaired) electrons. The molecule has 0 aliphatic carbocycles. The smallest absolute Gasteiger partial charge is 0.363 e. The van der Waals surface area contributed by atoms with Crippen molar-refractivity contribution in [1.82, 2.24) is 14.7 Å². The highest BCUT2D eigenvalue weighted by Gasteiger charge is 2.49. The Morgan fingerprint density at radius 3 is 1.08 bits per heavy atom. The third-order valence-electron chi connectivity index (χ3n) is 7.80. The summed E-state index contributed by atoms with van der Waals surface area (Å²) in [5.74, 6) is -2.48. The second-order valence-electron chi connectivity index (χ2n) is 11.9. The van der Waals surface area contributed by atoms with Crippen LogP contribution >= 0.6 is 0 Å². The number of nitrogens with zero attached hydrogens (tertiary/aromatic N) is 3. The summed E-state index contributed by atoms with van der Waals surface area (Å²) in [6, 6.07) is 0. The van der Waals surface area contributed by atoms with E-state index in [9.17, 15) is 79.0 Å². The summed E-state index contributed by atoms with van der Waals surface area (Å²) in [5.41, 5.74) is -5.80. The first-order chi connectivity index (χ1) is 22.2. The Hall–Kier alpha value is -2.85. The highest BCUT2D eigenvalue weighted by Crippen LogP contribution is 2.41. The molecule has 0 bridgehead atoms. The quantitative estimate of drug-likeness (QED) is 0.263. The van der Waals surface area contributed by atoms with Crippen molar-refractivity contribution in [3.63, 3.8) is 0 Å². The van der Waals surface area contributed by atoms with Crippen LogP contribution in [0, 0.1) is 17.8 Å². The van der Waals surface area contributed by atoms with Crippen LogP contribution in [0.5, 0.6) is 0 Å². The average Bonchev–Trinajstić information content (AvgIpc) is 3.16. The highest BCUT2D eigenvalue weighted by atomic mass is 19.4. The number of alkyl halides is 12. The minimum atomic E-state index is -5.37. The van der Waals surface area contributed by atoms with Crippen molar-refractivity contribution in [2.24, 2.45) is 17.8 Å². The van der Waals surface area contributed by atoms with Crippen LogP contribution in [-0.2, 0) is 0 Å². The maximum atomic E-state index is 12.5. The van der Waals surface area contributed by atoms with Crippen molar-refractivity contribution in [2.45, 2.75) is 83.5 Å². The van der Waals surface area contributed by atoms with Gasteiger partial charge in [0.05, 0.1) is 5.92 Å². The first-order valence-corrected chi connectivity index (χ1v) is 14.9. The third kappa shape index (κ3) is 17.3. The first kappa shape index (κ1) is 53.5. The van der Waals surface area contributed by atoms with Crippen LogP contribution < -0.4 is 0 Å². The fourth-order valence-corrected chi connectivity index (χ4v) is 5.52. The van der Waals surface area contributed by atoms with Gasteiger partial charge in [-0.2, -0.15) is 79.0 Å². The van der Waals surface area contributed by atoms with Crippen molar-refractivity contribution in [3.05, 3.63) is 35.3 Å². The number of hydrogen-bond donors (Lipinski definition) is 0. The first-order valence-electron chi connectivity index (χ1n) is 14.9. The zero-order valence-electron chi connectivity index (χ0n) is 27.3. The molecule has 3 heterocycles. The number of piperidine rings is 2. The molecule has 2 unspecified atom stereocenters. The summed E-state index contributed by atoms with van der Waals surface area (Å²) >= 11 is 0. The molecule has 3 nitrogen and oxygen atoms in total. The lowest BCUT2D eigenvalue weighted by Gasteiger charge is -2.39. The largest absolute Gasteiger partial charge is 0.436 e. The number of hydrogen-bond acceptors (Lipinski definition) is 3. The molecule has 2 atom stereocenters. The lowest BCUT2D eigenvalue weighted by atomic mass is 9.89. The maximum absolute atomic E-state index is 12.5. The Balaban J connectivity index is -0.000000679. The summed E-state index contributed by atoms with van der Waals surface area (Å²) in [6.45, 7) is 1.85. The van der Waals surface area contributed by atoms with Gasteiger partial charge in [-0.15, -0.1) is 0 Å². The minimum Gasteiger partial charge on any atom is -0.363 e. The van der Waals surface area contributed by atoms with E-state index in [4.69, 9.17) is 0 Å². The molecule has 3 aliphatic heterocycles. The molecule has 3 fully saturated rings. The van der Waals surface area contributed by atoms with E-state index < -0.39 is 85.0 Å². The molecule has 0 aromatic carbocycles. The minimum absolute atomic E-state index is 0. The standard InChI is InChI=1S/C10H11F8N.2C9H12F5N.3FH/c1-5-2-6(9(13,14)15)4-19(3-5)7(8(11)12)10(16,17)18;1-6-2-4-15(5-3-6)7(8(10)11)9(12,13)14;10-8(11)7(9(12,13)14)15-5-3-1-2-4-6-15;;;/h5-6H,2-4H2,1H3;6H,2-5H2,1H3;1-6H2;3*1H. The monoisotopic (exact) mass is 815 g/mol. The van der Waals surface area contributed by atoms with Crippen LogP contribution in [0.3, 0.4) is 0 Å². The van der Waals surface area contributed by atoms with Crippen LogP contribution in [0.25, 0.3) is 0 Å². The van der Waals surface area contributed by atoms with Gasteiger partial charge in [-0.25, -0.2) is 0 Å². The van der Waals surface area contributed by atoms with Gasteiger partial charge in [-0.05, 0) is 43.9 Å². The Kier molecular flexibility index (Phi) is 22.4. The van der Waals surface area contributed by atoms with Gasteiger partial charge in [0.15, 0.2) is 17.1 Å². The Labute approximate surface area is 284 Å². The van der Waals surface area contributed by atoms with Gasteiger partial charge in [0, 0.05) is 39.3 Å². The summed E-state index contributed by atoms with van der Waals surface area (Å²) < 4.78 is 222. The predicted octanol–water partition coefficient (Wildman–Crippen LogP) is 11.6. The van der Waals surface area contributed by atoms with E-state index in [1.807, 2.05) is 6.92 Å². The van der Waals surface area contributed by atoms with Crippen LogP contribution in [0.15, 0.2) is 35.3 Å². The van der Waals surface area contributed by atoms with Crippen LogP contribution in [0.4, 0.5) is 93.1 Å². The molecule has 3 rings (SSSR count). The SMILES string of the molecule is CC1CC(C(F)(F)F)CN(C(=C(F)F)C(F)(F)F)C1.CC1CCN(C(=C(F)F)C(F)(F)F)CC1.F.F.F.FC(F)=C(N1CCCCCC1)C(F)(F)F. The van der Waals surface area contributed by atoms with Crippen molar-refractivity contribution in [2.75, 3.05) is 39.3 Å². The highest BCUT2D eigenvalue weighted by molar-refractivity contribution is 5.11. The summed E-state index contributed by atoms with van der Waals surface area (Å²) in [7, 11) is 0. The zero-order chi connectivity index (χ0) is 38.1. The fraction of sp³-hybridized carbons (Fsp3) is 0.786. The third-order valence-corrected chi connectivity index (χ3v) is 7.80. The fourth-order valence-electron chi connectivity index (χ4n) is 5.52. The van der Waals surface area contributed by atoms with E-state index in [1.165, 1.54) is 6.92 Å². The molecule has 0 N–H and O–H groups in total. The molecule has 0 spiro atoms. The van der Waals surface area contributed by atoms with Gasteiger partial charge in [-0.3, -0.25) is 14.1 Å². The zero-order valence-corrected chi connectivity index (χ0v) is 27.3. The Bertz CT molecular complexity index is 1110. The Morgan fingerprint density at radius 2 is 0.769 bits per heavy atom. The summed E-state index contributed by atoms with van der Waals surface area (Å²) in [5, 5.41) is 0. The van der Waals surface area contributed by atoms with Crippen LogP contribution in [0.1, 0.15) is 58.8 Å². The molecule has 3 saturated heterocycles. The van der Waals surface area contributed by atoms with Gasteiger partial charge in [0.2, 0.25) is 0 Å². The van der Waals surface area contributed by atoms with E-state index in [0.717, 1.165) is 22.6 Å². The van der Waals surface area contributed by atoms with Gasteiger partial charge in [0.1, 0.15) is 0 Å². The molecule has 52 heavy (non-hydrogen) atoms. The van der Waals surface area contributed by atoms with Crippen molar-refractivity contribution >= 4 is 0 Å².